The molecule has 0 atom stereocenters. The summed E-state index contributed by atoms with van der Waals surface area (Å²) in [5, 5.41) is 16.5. The molecule has 0 aliphatic rings. The number of amides is 1. The van der Waals surface area contributed by atoms with Gasteiger partial charge in [-0.05, 0) is 55.6 Å². The van der Waals surface area contributed by atoms with Crippen LogP contribution in [0.15, 0.2) is 48.5 Å². The maximum atomic E-state index is 12.4. The van der Waals surface area contributed by atoms with Crippen molar-refractivity contribution in [1.82, 2.24) is 10.3 Å². The molecule has 3 rings (SSSR count). The molecule has 0 fully saturated rings. The van der Waals surface area contributed by atoms with Crippen molar-refractivity contribution in [2.75, 3.05) is 18.4 Å². The van der Waals surface area contributed by atoms with Crippen LogP contribution in [0, 0.1) is 6.92 Å². The van der Waals surface area contributed by atoms with Crippen molar-refractivity contribution in [3.63, 3.8) is 0 Å². The van der Waals surface area contributed by atoms with Crippen LogP contribution in [-0.2, 0) is 17.6 Å². The van der Waals surface area contributed by atoms with Gasteiger partial charge in [-0.2, -0.15) is 0 Å². The molecule has 0 spiro atoms. The van der Waals surface area contributed by atoms with Crippen molar-refractivity contribution in [2.45, 2.75) is 26.7 Å². The normalized spacial score (nSPS) is 10.9. The molecular weight excluding hydrogens is 338 g/mol. The van der Waals surface area contributed by atoms with Crippen LogP contribution < -0.4 is 10.6 Å². The number of nitrogens with one attached hydrogen (secondary N) is 2. The van der Waals surface area contributed by atoms with Crippen molar-refractivity contribution >= 4 is 22.5 Å². The van der Waals surface area contributed by atoms with Gasteiger partial charge >= 0.3 is 0 Å². The monoisotopic (exact) mass is 363 g/mol. The lowest BCUT2D eigenvalue weighted by Gasteiger charge is -2.15. The van der Waals surface area contributed by atoms with Crippen molar-refractivity contribution in [3.8, 4) is 5.75 Å². The quantitative estimate of drug-likeness (QED) is 0.561. The number of aryl methyl sites for hydroxylation is 1. The van der Waals surface area contributed by atoms with Crippen LogP contribution in [-0.4, -0.2) is 29.1 Å². The molecule has 3 N–H and O–H groups in total. The molecule has 1 amide bonds. The number of phenols is 1. The molecule has 0 aliphatic heterocycles. The van der Waals surface area contributed by atoms with E-state index in [1.165, 1.54) is 0 Å². The summed E-state index contributed by atoms with van der Waals surface area (Å²) in [5.41, 5.74) is 4.89. The Hall–Kier alpha value is -2.92. The predicted molar refractivity (Wildman–Crippen MR) is 109 cm³/mol. The first-order valence-electron chi connectivity index (χ1n) is 9.25. The highest BCUT2D eigenvalue weighted by atomic mass is 16.3. The fourth-order valence-electron chi connectivity index (χ4n) is 3.14. The van der Waals surface area contributed by atoms with Gasteiger partial charge in [0.2, 0.25) is 5.91 Å². The van der Waals surface area contributed by atoms with E-state index in [4.69, 9.17) is 4.98 Å². The molecule has 0 unspecified atom stereocenters. The van der Waals surface area contributed by atoms with Gasteiger partial charge in [0.25, 0.3) is 0 Å². The van der Waals surface area contributed by atoms with E-state index >= 15 is 0 Å². The second kappa shape index (κ2) is 8.64. The van der Waals surface area contributed by atoms with Crippen molar-refractivity contribution in [2.24, 2.45) is 0 Å². The number of nitrogens with zero attached hydrogens (tertiary/aromatic N) is 1. The number of carbonyl (C=O) groups excluding carboxylic acids is 1. The number of para-hydroxylation sites is 1. The average Bonchev–Trinajstić information content (AvgIpc) is 2.68. The number of hydrogen-bond acceptors (Lipinski definition) is 4. The SMILES string of the molecule is CCc1nc2ccccc2c(NC(=O)CNCCc2ccc(O)cc2)c1C. The number of hydrogen-bond donors (Lipinski definition) is 3. The second-order valence-electron chi connectivity index (χ2n) is 6.57. The fourth-order valence-corrected chi connectivity index (χ4v) is 3.14. The Morgan fingerprint density at radius 1 is 1.11 bits per heavy atom. The summed E-state index contributed by atoms with van der Waals surface area (Å²) in [4.78, 5) is 17.1. The van der Waals surface area contributed by atoms with Crippen LogP contribution in [0.1, 0.15) is 23.7 Å². The van der Waals surface area contributed by atoms with Crippen molar-refractivity contribution in [1.29, 1.82) is 0 Å². The highest BCUT2D eigenvalue weighted by Crippen LogP contribution is 2.28. The topological polar surface area (TPSA) is 74.2 Å². The first-order chi connectivity index (χ1) is 13.1. The molecule has 2 aromatic carbocycles. The Morgan fingerprint density at radius 2 is 1.85 bits per heavy atom. The average molecular weight is 363 g/mol. The number of aromatic hydroxyl groups is 1. The van der Waals surface area contributed by atoms with Crippen molar-refractivity contribution < 1.29 is 9.90 Å². The molecule has 0 aliphatic carbocycles. The summed E-state index contributed by atoms with van der Waals surface area (Å²) >= 11 is 0. The van der Waals surface area contributed by atoms with Gasteiger partial charge in [-0.3, -0.25) is 9.78 Å². The molecule has 0 bridgehead atoms. The highest BCUT2D eigenvalue weighted by molar-refractivity contribution is 6.03. The fraction of sp³-hybridized carbons (Fsp3) is 0.273. The van der Waals surface area contributed by atoms with Gasteiger partial charge < -0.3 is 15.7 Å². The molecule has 0 saturated heterocycles. The van der Waals surface area contributed by atoms with Crippen molar-refractivity contribution in [3.05, 3.63) is 65.4 Å². The zero-order valence-electron chi connectivity index (χ0n) is 15.7. The summed E-state index contributed by atoms with van der Waals surface area (Å²) in [5.74, 6) is 0.194. The van der Waals surface area contributed by atoms with Gasteiger partial charge in [0.15, 0.2) is 0 Å². The van der Waals surface area contributed by atoms with Gasteiger partial charge in [-0.15, -0.1) is 0 Å². The number of aromatic nitrogens is 1. The number of rotatable bonds is 7. The minimum atomic E-state index is -0.0674. The van der Waals surface area contributed by atoms with E-state index in [1.54, 1.807) is 12.1 Å². The summed E-state index contributed by atoms with van der Waals surface area (Å²) in [7, 11) is 0. The van der Waals surface area contributed by atoms with E-state index in [-0.39, 0.29) is 18.2 Å². The van der Waals surface area contributed by atoms with Gasteiger partial charge in [0.1, 0.15) is 5.75 Å². The largest absolute Gasteiger partial charge is 0.508 e. The Morgan fingerprint density at radius 3 is 2.59 bits per heavy atom. The number of carbonyl (C=O) groups is 1. The van der Waals surface area contributed by atoms with E-state index in [0.29, 0.717) is 6.54 Å². The van der Waals surface area contributed by atoms with Gasteiger partial charge in [0, 0.05) is 11.1 Å². The van der Waals surface area contributed by atoms with E-state index in [0.717, 1.165) is 46.3 Å². The van der Waals surface area contributed by atoms with Crippen LogP contribution in [0.25, 0.3) is 10.9 Å². The Kier molecular flexibility index (Phi) is 6.04. The molecule has 0 saturated carbocycles. The standard InChI is InChI=1S/C22H25N3O2/c1-3-19-15(2)22(18-6-4-5-7-20(18)24-19)25-21(27)14-23-13-12-16-8-10-17(26)11-9-16/h4-11,23,26H,3,12-14H2,1-2H3,(H,24,25,27). The summed E-state index contributed by atoms with van der Waals surface area (Å²) in [6.07, 6.45) is 1.62. The van der Waals surface area contributed by atoms with E-state index in [9.17, 15) is 9.90 Å². The van der Waals surface area contributed by atoms with Crippen LogP contribution in [0.3, 0.4) is 0 Å². The molecule has 5 heteroatoms. The van der Waals surface area contributed by atoms with Crippen LogP contribution in [0.4, 0.5) is 5.69 Å². The molecule has 140 valence electrons. The smallest absolute Gasteiger partial charge is 0.238 e. The number of anilines is 1. The molecule has 27 heavy (non-hydrogen) atoms. The summed E-state index contributed by atoms with van der Waals surface area (Å²) < 4.78 is 0. The van der Waals surface area contributed by atoms with E-state index in [2.05, 4.69) is 17.6 Å². The molecule has 3 aromatic rings. The van der Waals surface area contributed by atoms with Crippen LogP contribution in [0.5, 0.6) is 5.75 Å². The molecule has 1 aromatic heterocycles. The lowest BCUT2D eigenvalue weighted by atomic mass is 10.1. The summed E-state index contributed by atoms with van der Waals surface area (Å²) in [6.45, 7) is 5.01. The molecule has 5 nitrogen and oxygen atoms in total. The first-order valence-corrected chi connectivity index (χ1v) is 9.25. The maximum Gasteiger partial charge on any atom is 0.238 e. The highest BCUT2D eigenvalue weighted by Gasteiger charge is 2.13. The Labute approximate surface area is 159 Å². The van der Waals surface area contributed by atoms with E-state index < -0.39 is 0 Å². The Balaban J connectivity index is 1.62. The lowest BCUT2D eigenvalue weighted by molar-refractivity contribution is -0.115. The number of pyridine rings is 1. The number of phenolic OH excluding ortho intramolecular Hbond substituents is 1. The zero-order chi connectivity index (χ0) is 19.2. The van der Waals surface area contributed by atoms with Gasteiger partial charge in [0.05, 0.1) is 17.7 Å². The number of fused-ring (bicyclic) bond motifs is 1. The lowest BCUT2D eigenvalue weighted by Crippen LogP contribution is -2.30. The Bertz CT molecular complexity index is 936. The van der Waals surface area contributed by atoms with Crippen LogP contribution in [0.2, 0.25) is 0 Å². The number of benzene rings is 2. The van der Waals surface area contributed by atoms with Crippen LogP contribution >= 0.6 is 0 Å². The molecular formula is C22H25N3O2. The minimum Gasteiger partial charge on any atom is -0.508 e. The predicted octanol–water partition coefficient (Wildman–Crippen LogP) is 3.58. The minimum absolute atomic E-state index is 0.0674. The summed E-state index contributed by atoms with van der Waals surface area (Å²) in [6, 6.07) is 15.0. The van der Waals surface area contributed by atoms with Gasteiger partial charge in [-0.25, -0.2) is 0 Å². The zero-order valence-corrected chi connectivity index (χ0v) is 15.7. The van der Waals surface area contributed by atoms with E-state index in [1.807, 2.05) is 43.3 Å². The third-order valence-corrected chi connectivity index (χ3v) is 4.65. The first kappa shape index (κ1) is 18.9. The molecule has 0 radical (unpaired) electrons. The van der Waals surface area contributed by atoms with Gasteiger partial charge in [-0.1, -0.05) is 37.3 Å². The molecule has 1 heterocycles. The second-order valence-corrected chi connectivity index (χ2v) is 6.57. The third kappa shape index (κ3) is 4.63. The third-order valence-electron chi connectivity index (χ3n) is 4.65. The maximum absolute atomic E-state index is 12.4.